The standard InChI is InChI=1S/C21H25F3N4O2.HI/c1-3-25-20(28-14-15-4-8-17(9-5-15)21(22,23)24)27-13-12-26-19(29)16-6-10-18(30-2)11-7-16;/h4-11H,3,12-14H2,1-2H3,(H,26,29)(H2,25,27,28);1H. The highest BCUT2D eigenvalue weighted by atomic mass is 127. The number of hydrogen-bond acceptors (Lipinski definition) is 3. The minimum Gasteiger partial charge on any atom is -0.497 e. The third kappa shape index (κ3) is 9.03. The van der Waals surface area contributed by atoms with Gasteiger partial charge in [0.15, 0.2) is 5.96 Å². The first-order chi connectivity index (χ1) is 14.3. The minimum absolute atomic E-state index is 0. The molecule has 31 heavy (non-hydrogen) atoms. The number of benzene rings is 2. The Kier molecular flexibility index (Phi) is 11.2. The quantitative estimate of drug-likeness (QED) is 0.202. The molecule has 0 unspecified atom stereocenters. The number of hydrogen-bond donors (Lipinski definition) is 3. The Balaban J connectivity index is 0.00000480. The number of carbonyl (C=O) groups is 1. The summed E-state index contributed by atoms with van der Waals surface area (Å²) in [6.07, 6.45) is -4.35. The summed E-state index contributed by atoms with van der Waals surface area (Å²) in [5.74, 6) is 0.981. The Morgan fingerprint density at radius 1 is 0.968 bits per heavy atom. The predicted molar refractivity (Wildman–Crippen MR) is 125 cm³/mol. The molecule has 0 radical (unpaired) electrons. The van der Waals surface area contributed by atoms with Crippen molar-refractivity contribution in [1.29, 1.82) is 0 Å². The van der Waals surface area contributed by atoms with Crippen molar-refractivity contribution in [2.45, 2.75) is 19.6 Å². The van der Waals surface area contributed by atoms with Crippen LogP contribution >= 0.6 is 24.0 Å². The minimum atomic E-state index is -4.35. The zero-order valence-electron chi connectivity index (χ0n) is 17.3. The van der Waals surface area contributed by atoms with E-state index in [9.17, 15) is 18.0 Å². The molecule has 0 aliphatic rings. The van der Waals surface area contributed by atoms with Crippen LogP contribution in [-0.4, -0.2) is 38.6 Å². The summed E-state index contributed by atoms with van der Waals surface area (Å²) in [5.41, 5.74) is 0.500. The van der Waals surface area contributed by atoms with E-state index >= 15 is 0 Å². The normalized spacial score (nSPS) is 11.3. The van der Waals surface area contributed by atoms with Crippen molar-refractivity contribution in [1.82, 2.24) is 16.0 Å². The molecule has 2 rings (SSSR count). The molecule has 0 saturated carbocycles. The average molecular weight is 550 g/mol. The topological polar surface area (TPSA) is 74.8 Å². The maximum atomic E-state index is 12.6. The number of nitrogens with zero attached hydrogens (tertiary/aromatic N) is 1. The molecular weight excluding hydrogens is 524 g/mol. The third-order valence-electron chi connectivity index (χ3n) is 4.10. The van der Waals surface area contributed by atoms with E-state index in [0.717, 1.165) is 12.1 Å². The molecule has 6 nitrogen and oxygen atoms in total. The molecule has 0 aromatic heterocycles. The zero-order valence-corrected chi connectivity index (χ0v) is 19.6. The van der Waals surface area contributed by atoms with Gasteiger partial charge in [0.2, 0.25) is 0 Å². The summed E-state index contributed by atoms with van der Waals surface area (Å²) in [5, 5.41) is 8.93. The lowest BCUT2D eigenvalue weighted by atomic mass is 10.1. The lowest BCUT2D eigenvalue weighted by Crippen LogP contribution is -2.41. The van der Waals surface area contributed by atoms with Crippen LogP contribution in [-0.2, 0) is 12.7 Å². The molecule has 3 N–H and O–H groups in total. The van der Waals surface area contributed by atoms with Crippen LogP contribution in [0.25, 0.3) is 0 Å². The van der Waals surface area contributed by atoms with Crippen LogP contribution < -0.4 is 20.7 Å². The maximum Gasteiger partial charge on any atom is 0.416 e. The second-order valence-electron chi connectivity index (χ2n) is 6.30. The van der Waals surface area contributed by atoms with Crippen molar-refractivity contribution in [3.05, 3.63) is 65.2 Å². The van der Waals surface area contributed by atoms with E-state index in [4.69, 9.17) is 4.74 Å². The van der Waals surface area contributed by atoms with Crippen LogP contribution in [0.15, 0.2) is 53.5 Å². The van der Waals surface area contributed by atoms with Gasteiger partial charge in [0.05, 0.1) is 19.2 Å². The van der Waals surface area contributed by atoms with Gasteiger partial charge < -0.3 is 20.7 Å². The fourth-order valence-electron chi connectivity index (χ4n) is 2.51. The highest BCUT2D eigenvalue weighted by molar-refractivity contribution is 14.0. The van der Waals surface area contributed by atoms with Crippen molar-refractivity contribution in [3.63, 3.8) is 0 Å². The van der Waals surface area contributed by atoms with Gasteiger partial charge in [0.25, 0.3) is 5.91 Å². The van der Waals surface area contributed by atoms with Gasteiger partial charge in [-0.1, -0.05) is 12.1 Å². The van der Waals surface area contributed by atoms with Gasteiger partial charge in [0.1, 0.15) is 5.75 Å². The number of guanidine groups is 1. The van der Waals surface area contributed by atoms with Gasteiger partial charge in [-0.05, 0) is 48.9 Å². The number of methoxy groups -OCH3 is 1. The van der Waals surface area contributed by atoms with Crippen molar-refractivity contribution >= 4 is 35.8 Å². The number of alkyl halides is 3. The van der Waals surface area contributed by atoms with E-state index in [2.05, 4.69) is 20.9 Å². The molecule has 0 bridgehead atoms. The first kappa shape index (κ1) is 26.5. The van der Waals surface area contributed by atoms with Gasteiger partial charge in [-0.25, -0.2) is 4.99 Å². The molecule has 170 valence electrons. The largest absolute Gasteiger partial charge is 0.497 e. The van der Waals surface area contributed by atoms with Gasteiger partial charge in [-0.2, -0.15) is 13.2 Å². The van der Waals surface area contributed by atoms with Crippen LogP contribution in [0.1, 0.15) is 28.4 Å². The van der Waals surface area contributed by atoms with Crippen LogP contribution in [0, 0.1) is 0 Å². The van der Waals surface area contributed by atoms with Crippen LogP contribution in [0.2, 0.25) is 0 Å². The summed E-state index contributed by atoms with van der Waals surface area (Å²) in [4.78, 5) is 16.5. The van der Waals surface area contributed by atoms with Crippen molar-refractivity contribution in [2.24, 2.45) is 4.99 Å². The second kappa shape index (κ2) is 13.0. The summed E-state index contributed by atoms with van der Waals surface area (Å²) in [6.45, 7) is 3.56. The molecule has 0 fully saturated rings. The van der Waals surface area contributed by atoms with Crippen LogP contribution in [0.4, 0.5) is 13.2 Å². The van der Waals surface area contributed by atoms with Gasteiger partial charge in [-0.15, -0.1) is 24.0 Å². The van der Waals surface area contributed by atoms with Gasteiger partial charge in [0, 0.05) is 25.2 Å². The van der Waals surface area contributed by atoms with Crippen LogP contribution in [0.3, 0.4) is 0 Å². The molecular formula is C21H26F3IN4O2. The number of halogens is 4. The second-order valence-corrected chi connectivity index (χ2v) is 6.30. The molecule has 0 spiro atoms. The molecule has 0 aliphatic carbocycles. The number of carbonyl (C=O) groups excluding carboxylic acids is 1. The molecule has 10 heteroatoms. The lowest BCUT2D eigenvalue weighted by Gasteiger charge is -2.12. The molecule has 0 heterocycles. The van der Waals surface area contributed by atoms with Crippen molar-refractivity contribution in [3.8, 4) is 5.75 Å². The Morgan fingerprint density at radius 3 is 2.13 bits per heavy atom. The fraction of sp³-hybridized carbons (Fsp3) is 0.333. The lowest BCUT2D eigenvalue weighted by molar-refractivity contribution is -0.137. The fourth-order valence-corrected chi connectivity index (χ4v) is 2.51. The van der Waals surface area contributed by atoms with E-state index < -0.39 is 11.7 Å². The van der Waals surface area contributed by atoms with Crippen molar-refractivity contribution < 1.29 is 22.7 Å². The molecule has 0 saturated heterocycles. The van der Waals surface area contributed by atoms with E-state index in [1.54, 1.807) is 31.4 Å². The van der Waals surface area contributed by atoms with E-state index in [-0.39, 0.29) is 36.4 Å². The highest BCUT2D eigenvalue weighted by Gasteiger charge is 2.29. The smallest absolute Gasteiger partial charge is 0.416 e. The average Bonchev–Trinajstić information content (AvgIpc) is 2.74. The van der Waals surface area contributed by atoms with Crippen molar-refractivity contribution in [2.75, 3.05) is 26.7 Å². The third-order valence-corrected chi connectivity index (χ3v) is 4.10. The number of amides is 1. The zero-order chi connectivity index (χ0) is 22.0. The maximum absolute atomic E-state index is 12.6. The first-order valence-electron chi connectivity index (χ1n) is 9.44. The number of rotatable bonds is 8. The number of ether oxygens (including phenoxy) is 1. The highest BCUT2D eigenvalue weighted by Crippen LogP contribution is 2.29. The first-order valence-corrected chi connectivity index (χ1v) is 9.44. The summed E-state index contributed by atoms with van der Waals surface area (Å²) in [6, 6.07) is 11.7. The summed E-state index contributed by atoms with van der Waals surface area (Å²) in [7, 11) is 1.56. The number of nitrogens with one attached hydrogen (secondary N) is 3. The Hall–Kier alpha value is -2.50. The molecule has 1 amide bonds. The molecule has 0 atom stereocenters. The molecule has 2 aromatic carbocycles. The van der Waals surface area contributed by atoms with E-state index in [1.165, 1.54) is 12.1 Å². The molecule has 2 aromatic rings. The van der Waals surface area contributed by atoms with E-state index in [0.29, 0.717) is 42.5 Å². The van der Waals surface area contributed by atoms with Gasteiger partial charge in [-0.3, -0.25) is 4.79 Å². The van der Waals surface area contributed by atoms with E-state index in [1.807, 2.05) is 6.92 Å². The summed E-state index contributed by atoms with van der Waals surface area (Å²) < 4.78 is 42.9. The summed E-state index contributed by atoms with van der Waals surface area (Å²) >= 11 is 0. The monoisotopic (exact) mass is 550 g/mol. The SMILES string of the molecule is CCNC(=NCc1ccc(C(F)(F)F)cc1)NCCNC(=O)c1ccc(OC)cc1.I. The Bertz CT molecular complexity index is 841. The number of aliphatic imine (C=N–C) groups is 1. The Labute approximate surface area is 196 Å². The predicted octanol–water partition coefficient (Wildman–Crippen LogP) is 3.82. The van der Waals surface area contributed by atoms with Crippen LogP contribution in [0.5, 0.6) is 5.75 Å². The van der Waals surface area contributed by atoms with Gasteiger partial charge >= 0.3 is 6.18 Å². The Morgan fingerprint density at radius 2 is 1.58 bits per heavy atom. The molecule has 0 aliphatic heterocycles.